The van der Waals surface area contributed by atoms with Crippen molar-refractivity contribution in [1.29, 1.82) is 0 Å². The highest BCUT2D eigenvalue weighted by Gasteiger charge is 2.32. The van der Waals surface area contributed by atoms with Gasteiger partial charge in [-0.15, -0.1) is 0 Å². The van der Waals surface area contributed by atoms with Crippen molar-refractivity contribution in [2.75, 3.05) is 32.1 Å². The van der Waals surface area contributed by atoms with Crippen molar-refractivity contribution in [3.63, 3.8) is 0 Å². The molecule has 1 aliphatic rings. The van der Waals surface area contributed by atoms with Crippen LogP contribution >= 0.6 is 0 Å². The van der Waals surface area contributed by atoms with Crippen LogP contribution in [0.25, 0.3) is 0 Å². The normalized spacial score (nSPS) is 17.9. The summed E-state index contributed by atoms with van der Waals surface area (Å²) < 4.78 is 5.81. The molecule has 1 unspecified atom stereocenters. The SMILES string of the molecule is CCC1Oc2ccc(CN)cc2N(CCCN(C)C)C1=O. The molecule has 0 bridgehead atoms. The summed E-state index contributed by atoms with van der Waals surface area (Å²) in [4.78, 5) is 16.5. The van der Waals surface area contributed by atoms with Crippen LogP contribution in [0.5, 0.6) is 5.75 Å². The molecule has 5 nitrogen and oxygen atoms in total. The lowest BCUT2D eigenvalue weighted by Crippen LogP contribution is -2.46. The van der Waals surface area contributed by atoms with Gasteiger partial charge in [0.2, 0.25) is 0 Å². The molecule has 1 aromatic rings. The fourth-order valence-electron chi connectivity index (χ4n) is 2.53. The highest BCUT2D eigenvalue weighted by atomic mass is 16.5. The summed E-state index contributed by atoms with van der Waals surface area (Å²) in [6, 6.07) is 5.85. The van der Waals surface area contributed by atoms with Gasteiger partial charge in [0.15, 0.2) is 6.10 Å². The van der Waals surface area contributed by atoms with E-state index in [0.29, 0.717) is 19.5 Å². The number of hydrogen-bond donors (Lipinski definition) is 1. The molecule has 2 N–H and O–H groups in total. The molecule has 0 fully saturated rings. The maximum Gasteiger partial charge on any atom is 0.268 e. The van der Waals surface area contributed by atoms with Gasteiger partial charge in [-0.1, -0.05) is 13.0 Å². The number of rotatable bonds is 6. The minimum absolute atomic E-state index is 0.0536. The Hall–Kier alpha value is -1.59. The van der Waals surface area contributed by atoms with Crippen molar-refractivity contribution in [2.45, 2.75) is 32.4 Å². The maximum atomic E-state index is 12.6. The Morgan fingerprint density at radius 2 is 2.14 bits per heavy atom. The van der Waals surface area contributed by atoms with E-state index in [9.17, 15) is 4.79 Å². The number of nitrogens with zero attached hydrogens (tertiary/aromatic N) is 2. The second-order valence-electron chi connectivity index (χ2n) is 5.67. The smallest absolute Gasteiger partial charge is 0.268 e. The molecular formula is C16H25N3O2. The number of hydrogen-bond acceptors (Lipinski definition) is 4. The average molecular weight is 291 g/mol. The predicted molar refractivity (Wildman–Crippen MR) is 84.6 cm³/mol. The third-order valence-corrected chi connectivity index (χ3v) is 3.72. The summed E-state index contributed by atoms with van der Waals surface area (Å²) in [5.41, 5.74) is 7.57. The molecule has 0 spiro atoms. The first-order valence-corrected chi connectivity index (χ1v) is 7.52. The number of nitrogens with two attached hydrogens (primary N) is 1. The quantitative estimate of drug-likeness (QED) is 0.865. The number of ether oxygens (including phenoxy) is 1. The van der Waals surface area contributed by atoms with Crippen molar-refractivity contribution in [1.82, 2.24) is 4.90 Å². The highest BCUT2D eigenvalue weighted by molar-refractivity contribution is 6.00. The van der Waals surface area contributed by atoms with Crippen LogP contribution in [0.15, 0.2) is 18.2 Å². The van der Waals surface area contributed by atoms with Gasteiger partial charge < -0.3 is 20.3 Å². The van der Waals surface area contributed by atoms with Gasteiger partial charge in [0, 0.05) is 13.1 Å². The Morgan fingerprint density at radius 1 is 1.38 bits per heavy atom. The standard InChI is InChI=1S/C16H25N3O2/c1-4-14-16(20)19(9-5-8-18(2)3)13-10-12(11-17)6-7-15(13)21-14/h6-7,10,14H,4-5,8-9,11,17H2,1-3H3. The molecule has 0 saturated heterocycles. The van der Waals surface area contributed by atoms with E-state index in [2.05, 4.69) is 4.90 Å². The van der Waals surface area contributed by atoms with Crippen LogP contribution in [0.1, 0.15) is 25.3 Å². The summed E-state index contributed by atoms with van der Waals surface area (Å²) in [5, 5.41) is 0. The third-order valence-electron chi connectivity index (χ3n) is 3.72. The number of anilines is 1. The molecule has 5 heteroatoms. The number of benzene rings is 1. The fourth-order valence-corrected chi connectivity index (χ4v) is 2.53. The zero-order chi connectivity index (χ0) is 15.4. The molecule has 0 saturated carbocycles. The summed E-state index contributed by atoms with van der Waals surface area (Å²) >= 11 is 0. The lowest BCUT2D eigenvalue weighted by Gasteiger charge is -2.34. The number of fused-ring (bicyclic) bond motifs is 1. The number of carbonyl (C=O) groups is 1. The van der Waals surface area contributed by atoms with Crippen LogP contribution in [0.3, 0.4) is 0 Å². The van der Waals surface area contributed by atoms with Crippen LogP contribution in [0.4, 0.5) is 5.69 Å². The van der Waals surface area contributed by atoms with E-state index in [1.807, 2.05) is 44.1 Å². The first-order valence-electron chi connectivity index (χ1n) is 7.52. The van der Waals surface area contributed by atoms with E-state index in [1.165, 1.54) is 0 Å². The first kappa shape index (κ1) is 15.8. The van der Waals surface area contributed by atoms with E-state index in [0.717, 1.165) is 30.0 Å². The van der Waals surface area contributed by atoms with Crippen molar-refractivity contribution < 1.29 is 9.53 Å². The predicted octanol–water partition coefficient (Wildman–Crippen LogP) is 1.60. The average Bonchev–Trinajstić information content (AvgIpc) is 2.48. The van der Waals surface area contributed by atoms with E-state index in [4.69, 9.17) is 10.5 Å². The molecule has 21 heavy (non-hydrogen) atoms. The van der Waals surface area contributed by atoms with Crippen molar-refractivity contribution in [2.24, 2.45) is 5.73 Å². The van der Waals surface area contributed by atoms with Crippen LogP contribution in [-0.4, -0.2) is 44.1 Å². The van der Waals surface area contributed by atoms with E-state index < -0.39 is 0 Å². The minimum Gasteiger partial charge on any atom is -0.478 e. The third kappa shape index (κ3) is 3.54. The van der Waals surface area contributed by atoms with Crippen LogP contribution in [-0.2, 0) is 11.3 Å². The summed E-state index contributed by atoms with van der Waals surface area (Å²) in [7, 11) is 4.08. The molecule has 1 aliphatic heterocycles. The lowest BCUT2D eigenvalue weighted by atomic mass is 10.1. The van der Waals surface area contributed by atoms with Crippen molar-refractivity contribution in [3.05, 3.63) is 23.8 Å². The molecular weight excluding hydrogens is 266 g/mol. The Kier molecular flexibility index (Phi) is 5.20. The van der Waals surface area contributed by atoms with E-state index in [-0.39, 0.29) is 12.0 Å². The highest BCUT2D eigenvalue weighted by Crippen LogP contribution is 2.35. The van der Waals surface area contributed by atoms with Gasteiger partial charge >= 0.3 is 0 Å². The Bertz CT molecular complexity index is 502. The van der Waals surface area contributed by atoms with Crippen molar-refractivity contribution >= 4 is 11.6 Å². The number of amides is 1. The topological polar surface area (TPSA) is 58.8 Å². The Labute approximate surface area is 126 Å². The van der Waals surface area contributed by atoms with Gasteiger partial charge in [-0.3, -0.25) is 4.79 Å². The molecule has 1 amide bonds. The summed E-state index contributed by atoms with van der Waals surface area (Å²) in [6.45, 7) is 4.09. The lowest BCUT2D eigenvalue weighted by molar-refractivity contribution is -0.126. The Balaban J connectivity index is 2.25. The van der Waals surface area contributed by atoms with E-state index >= 15 is 0 Å². The molecule has 0 radical (unpaired) electrons. The molecule has 0 aromatic heterocycles. The zero-order valence-corrected chi connectivity index (χ0v) is 13.1. The fraction of sp³-hybridized carbons (Fsp3) is 0.562. The number of carbonyl (C=O) groups excluding carboxylic acids is 1. The molecule has 2 rings (SSSR count). The molecule has 1 atom stereocenters. The van der Waals surface area contributed by atoms with Gasteiger partial charge in [0.05, 0.1) is 5.69 Å². The molecule has 0 aliphatic carbocycles. The molecule has 1 heterocycles. The minimum atomic E-state index is -0.374. The van der Waals surface area contributed by atoms with Crippen LogP contribution < -0.4 is 15.4 Å². The first-order chi connectivity index (χ1) is 10.1. The monoisotopic (exact) mass is 291 g/mol. The zero-order valence-electron chi connectivity index (χ0n) is 13.1. The summed E-state index contributed by atoms with van der Waals surface area (Å²) in [5.74, 6) is 0.835. The van der Waals surface area contributed by atoms with Gasteiger partial charge in [0.1, 0.15) is 5.75 Å². The molecule has 116 valence electrons. The molecule has 1 aromatic carbocycles. The second kappa shape index (κ2) is 6.91. The van der Waals surface area contributed by atoms with Crippen LogP contribution in [0, 0.1) is 0 Å². The van der Waals surface area contributed by atoms with Gasteiger partial charge in [-0.2, -0.15) is 0 Å². The Morgan fingerprint density at radius 3 is 2.76 bits per heavy atom. The largest absolute Gasteiger partial charge is 0.478 e. The van der Waals surface area contributed by atoms with Gasteiger partial charge in [0.25, 0.3) is 5.91 Å². The van der Waals surface area contributed by atoms with Gasteiger partial charge in [-0.25, -0.2) is 0 Å². The van der Waals surface area contributed by atoms with E-state index in [1.54, 1.807) is 0 Å². The van der Waals surface area contributed by atoms with Gasteiger partial charge in [-0.05, 0) is 51.2 Å². The second-order valence-corrected chi connectivity index (χ2v) is 5.67. The van der Waals surface area contributed by atoms with Crippen molar-refractivity contribution in [3.8, 4) is 5.75 Å². The maximum absolute atomic E-state index is 12.6. The van der Waals surface area contributed by atoms with Crippen LogP contribution in [0.2, 0.25) is 0 Å². The summed E-state index contributed by atoms with van der Waals surface area (Å²) in [6.07, 6.45) is 1.24.